The molecule has 152 valence electrons. The molecular formula is C19H19FN4O4S. The fourth-order valence-electron chi connectivity index (χ4n) is 2.75. The number of benzene rings is 2. The van der Waals surface area contributed by atoms with Crippen molar-refractivity contribution in [3.63, 3.8) is 0 Å². The predicted octanol–water partition coefficient (Wildman–Crippen LogP) is 2.68. The summed E-state index contributed by atoms with van der Waals surface area (Å²) >= 11 is 1.06. The first kappa shape index (κ1) is 20.5. The second kappa shape index (κ2) is 8.82. The number of methoxy groups -OCH3 is 3. The van der Waals surface area contributed by atoms with Gasteiger partial charge in [-0.2, -0.15) is 0 Å². The zero-order chi connectivity index (χ0) is 21.0. The van der Waals surface area contributed by atoms with Crippen molar-refractivity contribution < 1.29 is 23.4 Å². The highest BCUT2D eigenvalue weighted by Gasteiger charge is 2.22. The van der Waals surface area contributed by atoms with E-state index in [-0.39, 0.29) is 11.4 Å². The Bertz CT molecular complexity index is 1020. The Balaban J connectivity index is 2.22. The number of halogens is 1. The molecule has 0 aliphatic carbocycles. The molecule has 0 radical (unpaired) electrons. The summed E-state index contributed by atoms with van der Waals surface area (Å²) in [5.41, 5.74) is 6.03. The van der Waals surface area contributed by atoms with Crippen molar-refractivity contribution in [3.05, 3.63) is 42.2 Å². The Labute approximate surface area is 170 Å². The highest BCUT2D eigenvalue weighted by atomic mass is 32.2. The van der Waals surface area contributed by atoms with Crippen LogP contribution >= 0.6 is 11.8 Å². The molecule has 3 aromatic rings. The lowest BCUT2D eigenvalue weighted by molar-refractivity contribution is -0.115. The molecule has 0 bridgehead atoms. The van der Waals surface area contributed by atoms with Gasteiger partial charge in [0.05, 0.1) is 32.8 Å². The maximum Gasteiger partial charge on any atom is 0.227 e. The van der Waals surface area contributed by atoms with Crippen LogP contribution in [0.15, 0.2) is 41.6 Å². The molecule has 0 atom stereocenters. The molecule has 0 spiro atoms. The smallest absolute Gasteiger partial charge is 0.227 e. The second-order valence-electron chi connectivity index (χ2n) is 5.76. The van der Waals surface area contributed by atoms with E-state index in [0.717, 1.165) is 11.8 Å². The molecule has 29 heavy (non-hydrogen) atoms. The number of amides is 1. The van der Waals surface area contributed by atoms with Gasteiger partial charge < -0.3 is 19.9 Å². The quantitative estimate of drug-likeness (QED) is 0.561. The molecule has 0 unspecified atom stereocenters. The summed E-state index contributed by atoms with van der Waals surface area (Å²) in [6.45, 7) is 0. The van der Waals surface area contributed by atoms with Crippen molar-refractivity contribution in [1.29, 1.82) is 0 Å². The topological polar surface area (TPSA) is 101 Å². The third-order valence-corrected chi connectivity index (χ3v) is 4.94. The summed E-state index contributed by atoms with van der Waals surface area (Å²) in [5.74, 6) is 0.559. The fourth-order valence-corrected chi connectivity index (χ4v) is 3.43. The molecule has 1 amide bonds. The molecular weight excluding hydrogens is 399 g/mol. The van der Waals surface area contributed by atoms with Crippen LogP contribution in [0, 0.1) is 5.82 Å². The minimum absolute atomic E-state index is 0.0260. The Hall–Kier alpha value is -3.27. The van der Waals surface area contributed by atoms with Gasteiger partial charge in [0, 0.05) is 5.56 Å². The highest BCUT2D eigenvalue weighted by molar-refractivity contribution is 7.99. The molecule has 1 aromatic heterocycles. The van der Waals surface area contributed by atoms with Crippen LogP contribution in [0.3, 0.4) is 0 Å². The van der Waals surface area contributed by atoms with Gasteiger partial charge in [-0.05, 0) is 24.3 Å². The Morgan fingerprint density at radius 2 is 1.76 bits per heavy atom. The van der Waals surface area contributed by atoms with Crippen LogP contribution in [-0.2, 0) is 4.79 Å². The standard InChI is InChI=1S/C19H19FN4O4S/c1-26-14-8-11(9-15(27-2)17(14)28-3)18-22-23-19(29-10-16(21)25)24(18)13-7-5-4-6-12(13)20/h4-9H,10H2,1-3H3,(H2,21,25). The van der Waals surface area contributed by atoms with Crippen LogP contribution in [0.1, 0.15) is 0 Å². The van der Waals surface area contributed by atoms with Gasteiger partial charge in [-0.25, -0.2) is 4.39 Å². The molecule has 3 rings (SSSR count). The number of hydrogen-bond donors (Lipinski definition) is 1. The number of ether oxygens (including phenoxy) is 3. The number of hydrogen-bond acceptors (Lipinski definition) is 7. The number of nitrogens with two attached hydrogens (primary N) is 1. The normalized spacial score (nSPS) is 10.6. The number of primary amides is 1. The Morgan fingerprint density at radius 1 is 1.10 bits per heavy atom. The highest BCUT2D eigenvalue weighted by Crippen LogP contribution is 2.41. The first-order valence-electron chi connectivity index (χ1n) is 8.42. The number of thioether (sulfide) groups is 1. The Morgan fingerprint density at radius 3 is 2.31 bits per heavy atom. The molecule has 10 heteroatoms. The Kier molecular flexibility index (Phi) is 6.23. The van der Waals surface area contributed by atoms with E-state index in [1.807, 2.05) is 0 Å². The maximum absolute atomic E-state index is 14.6. The van der Waals surface area contributed by atoms with Gasteiger partial charge >= 0.3 is 0 Å². The largest absolute Gasteiger partial charge is 0.493 e. The molecule has 0 aliphatic rings. The van der Waals surface area contributed by atoms with E-state index in [2.05, 4.69) is 10.2 Å². The van der Waals surface area contributed by atoms with Gasteiger partial charge in [-0.15, -0.1) is 10.2 Å². The van der Waals surface area contributed by atoms with Crippen LogP contribution < -0.4 is 19.9 Å². The molecule has 0 fully saturated rings. The summed E-state index contributed by atoms with van der Waals surface area (Å²) in [5, 5.41) is 8.65. The lowest BCUT2D eigenvalue weighted by Crippen LogP contribution is -2.14. The first-order valence-corrected chi connectivity index (χ1v) is 9.40. The van der Waals surface area contributed by atoms with E-state index in [0.29, 0.717) is 33.8 Å². The van der Waals surface area contributed by atoms with Gasteiger partial charge in [0.2, 0.25) is 11.7 Å². The first-order chi connectivity index (χ1) is 14.0. The number of rotatable bonds is 8. The van der Waals surface area contributed by atoms with Crippen LogP contribution in [-0.4, -0.2) is 47.8 Å². The lowest BCUT2D eigenvalue weighted by Gasteiger charge is -2.15. The molecule has 1 heterocycles. The third kappa shape index (κ3) is 4.11. The molecule has 0 saturated heterocycles. The van der Waals surface area contributed by atoms with Crippen LogP contribution in [0.5, 0.6) is 17.2 Å². The van der Waals surface area contributed by atoms with Crippen LogP contribution in [0.2, 0.25) is 0 Å². The SMILES string of the molecule is COc1cc(-c2nnc(SCC(N)=O)n2-c2ccccc2F)cc(OC)c1OC. The van der Waals surface area contributed by atoms with Crippen molar-refractivity contribution in [3.8, 4) is 34.3 Å². The zero-order valence-corrected chi connectivity index (χ0v) is 16.8. The fraction of sp³-hybridized carbons (Fsp3) is 0.211. The molecule has 0 saturated carbocycles. The third-order valence-electron chi connectivity index (χ3n) is 3.99. The predicted molar refractivity (Wildman–Crippen MR) is 106 cm³/mol. The monoisotopic (exact) mass is 418 g/mol. The molecule has 0 aliphatic heterocycles. The maximum atomic E-state index is 14.6. The van der Waals surface area contributed by atoms with Crippen molar-refractivity contribution in [1.82, 2.24) is 14.8 Å². The van der Waals surface area contributed by atoms with Crippen LogP contribution in [0.4, 0.5) is 4.39 Å². The summed E-state index contributed by atoms with van der Waals surface area (Å²) in [4.78, 5) is 11.2. The van der Waals surface area contributed by atoms with E-state index in [1.54, 1.807) is 30.3 Å². The van der Waals surface area contributed by atoms with Crippen molar-refractivity contribution >= 4 is 17.7 Å². The number of aromatic nitrogens is 3. The number of nitrogens with zero attached hydrogens (tertiary/aromatic N) is 3. The molecule has 8 nitrogen and oxygen atoms in total. The van der Waals surface area contributed by atoms with Gasteiger partial charge in [0.1, 0.15) is 5.82 Å². The van der Waals surface area contributed by atoms with Gasteiger partial charge in [0.15, 0.2) is 22.5 Å². The summed E-state index contributed by atoms with van der Waals surface area (Å²) < 4.78 is 32.2. The van der Waals surface area contributed by atoms with Gasteiger partial charge in [0.25, 0.3) is 0 Å². The van der Waals surface area contributed by atoms with Gasteiger partial charge in [-0.3, -0.25) is 9.36 Å². The average Bonchev–Trinajstić information content (AvgIpc) is 3.15. The summed E-state index contributed by atoms with van der Waals surface area (Å²) in [7, 11) is 4.49. The average molecular weight is 418 g/mol. The van der Waals surface area contributed by atoms with Crippen molar-refractivity contribution in [2.45, 2.75) is 5.16 Å². The lowest BCUT2D eigenvalue weighted by atomic mass is 10.1. The number of para-hydroxylation sites is 1. The number of carbonyl (C=O) groups is 1. The van der Waals surface area contributed by atoms with E-state index in [9.17, 15) is 9.18 Å². The van der Waals surface area contributed by atoms with Crippen molar-refractivity contribution in [2.75, 3.05) is 27.1 Å². The number of carbonyl (C=O) groups excluding carboxylic acids is 1. The minimum Gasteiger partial charge on any atom is -0.493 e. The summed E-state index contributed by atoms with van der Waals surface area (Å²) in [6.07, 6.45) is 0. The van der Waals surface area contributed by atoms with E-state index in [1.165, 1.54) is 32.0 Å². The van der Waals surface area contributed by atoms with Crippen LogP contribution in [0.25, 0.3) is 17.1 Å². The van der Waals surface area contributed by atoms with Gasteiger partial charge in [-0.1, -0.05) is 23.9 Å². The molecule has 2 N–H and O–H groups in total. The summed E-state index contributed by atoms with van der Waals surface area (Å²) in [6, 6.07) is 9.57. The van der Waals surface area contributed by atoms with E-state index >= 15 is 0 Å². The van der Waals surface area contributed by atoms with Crippen molar-refractivity contribution in [2.24, 2.45) is 5.73 Å². The minimum atomic E-state index is -0.521. The molecule has 2 aromatic carbocycles. The van der Waals surface area contributed by atoms with E-state index in [4.69, 9.17) is 19.9 Å². The van der Waals surface area contributed by atoms with E-state index < -0.39 is 11.7 Å². The second-order valence-corrected chi connectivity index (χ2v) is 6.70. The zero-order valence-electron chi connectivity index (χ0n) is 16.0.